The molecule has 0 aliphatic rings. The number of carbonyl (C=O) groups is 2. The second-order valence-corrected chi connectivity index (χ2v) is 5.80. The second-order valence-electron chi connectivity index (χ2n) is 5.80. The summed E-state index contributed by atoms with van der Waals surface area (Å²) in [5.74, 6) is -1.06. The van der Waals surface area contributed by atoms with E-state index in [2.05, 4.69) is 22.2 Å². The van der Waals surface area contributed by atoms with Crippen LogP contribution in [0.25, 0.3) is 0 Å². The third-order valence-corrected chi connectivity index (χ3v) is 3.61. The van der Waals surface area contributed by atoms with Crippen molar-refractivity contribution in [1.82, 2.24) is 10.9 Å². The van der Waals surface area contributed by atoms with Gasteiger partial charge in [-0.15, -0.1) is 6.58 Å². The number of esters is 1. The van der Waals surface area contributed by atoms with E-state index in [1.54, 1.807) is 13.0 Å². The van der Waals surface area contributed by atoms with Gasteiger partial charge in [-0.25, -0.2) is 5.43 Å². The van der Waals surface area contributed by atoms with Crippen molar-refractivity contribution >= 4 is 11.9 Å². The van der Waals surface area contributed by atoms with Crippen LogP contribution in [0.5, 0.6) is 0 Å². The number of hydrogen-bond donors (Lipinski definition) is 2. The fourth-order valence-corrected chi connectivity index (χ4v) is 2.10. The summed E-state index contributed by atoms with van der Waals surface area (Å²) >= 11 is 0. The van der Waals surface area contributed by atoms with Crippen molar-refractivity contribution in [2.45, 2.75) is 37.9 Å². The van der Waals surface area contributed by atoms with E-state index < -0.39 is 29.2 Å². The SMILES string of the molecule is C=CCC[C@@](C)(CC(=O)OC)NNC(=O)c1ccc(C(F)(F)F)cc1. The van der Waals surface area contributed by atoms with Crippen molar-refractivity contribution in [2.75, 3.05) is 7.11 Å². The predicted molar refractivity (Wildman–Crippen MR) is 86.5 cm³/mol. The van der Waals surface area contributed by atoms with Gasteiger partial charge >= 0.3 is 12.1 Å². The molecule has 0 saturated heterocycles. The average Bonchev–Trinajstić information content (AvgIpc) is 2.57. The zero-order chi connectivity index (χ0) is 19.1. The van der Waals surface area contributed by atoms with Gasteiger partial charge in [0.2, 0.25) is 0 Å². The van der Waals surface area contributed by atoms with Crippen LogP contribution in [0.15, 0.2) is 36.9 Å². The van der Waals surface area contributed by atoms with Gasteiger partial charge in [0.15, 0.2) is 0 Å². The Bertz CT molecular complexity index is 615. The van der Waals surface area contributed by atoms with Crippen molar-refractivity contribution in [1.29, 1.82) is 0 Å². The molecule has 0 aliphatic carbocycles. The number of hydrazine groups is 1. The highest BCUT2D eigenvalue weighted by molar-refractivity contribution is 5.93. The lowest BCUT2D eigenvalue weighted by Gasteiger charge is -2.29. The number of benzene rings is 1. The average molecular weight is 358 g/mol. The maximum atomic E-state index is 12.5. The lowest BCUT2D eigenvalue weighted by Crippen LogP contribution is -2.53. The summed E-state index contributed by atoms with van der Waals surface area (Å²) in [6.45, 7) is 5.33. The Morgan fingerprint density at radius 3 is 2.32 bits per heavy atom. The van der Waals surface area contributed by atoms with E-state index in [1.165, 1.54) is 7.11 Å². The maximum Gasteiger partial charge on any atom is 0.416 e. The molecule has 1 rings (SSSR count). The molecule has 0 aliphatic heterocycles. The van der Waals surface area contributed by atoms with Crippen LogP contribution in [0.1, 0.15) is 42.1 Å². The van der Waals surface area contributed by atoms with Gasteiger partial charge in [0.05, 0.1) is 19.1 Å². The Labute approximate surface area is 144 Å². The van der Waals surface area contributed by atoms with Crippen LogP contribution in [-0.2, 0) is 15.7 Å². The van der Waals surface area contributed by atoms with Crippen LogP contribution >= 0.6 is 0 Å². The van der Waals surface area contributed by atoms with Crippen LogP contribution in [0.4, 0.5) is 13.2 Å². The third kappa shape index (κ3) is 6.58. The quantitative estimate of drug-likeness (QED) is 0.425. The first-order valence-corrected chi connectivity index (χ1v) is 7.54. The summed E-state index contributed by atoms with van der Waals surface area (Å²) in [5, 5.41) is 0. The molecule has 8 heteroatoms. The molecule has 0 radical (unpaired) electrons. The minimum atomic E-state index is -4.46. The van der Waals surface area contributed by atoms with Gasteiger partial charge in [0.1, 0.15) is 0 Å². The van der Waals surface area contributed by atoms with Gasteiger partial charge < -0.3 is 4.74 Å². The number of carbonyl (C=O) groups excluding carboxylic acids is 2. The lowest BCUT2D eigenvalue weighted by atomic mass is 9.92. The molecule has 1 amide bonds. The van der Waals surface area contributed by atoms with E-state index in [9.17, 15) is 22.8 Å². The number of alkyl halides is 3. The molecule has 2 N–H and O–H groups in total. The highest BCUT2D eigenvalue weighted by atomic mass is 19.4. The van der Waals surface area contributed by atoms with Gasteiger partial charge in [0.25, 0.3) is 5.91 Å². The first-order chi connectivity index (χ1) is 11.6. The summed E-state index contributed by atoms with van der Waals surface area (Å²) in [6, 6.07) is 3.84. The van der Waals surface area contributed by atoms with E-state index in [1.807, 2.05) is 0 Å². The molecule has 0 fully saturated rings. The van der Waals surface area contributed by atoms with Gasteiger partial charge in [0, 0.05) is 11.1 Å². The van der Waals surface area contributed by atoms with Crippen molar-refractivity contribution in [3.8, 4) is 0 Å². The molecule has 5 nitrogen and oxygen atoms in total. The van der Waals surface area contributed by atoms with E-state index in [0.717, 1.165) is 24.3 Å². The zero-order valence-electron chi connectivity index (χ0n) is 14.1. The molecule has 1 atom stereocenters. The first-order valence-electron chi connectivity index (χ1n) is 7.54. The Kier molecular flexibility index (Phi) is 7.17. The van der Waals surface area contributed by atoms with Crippen LogP contribution in [0.2, 0.25) is 0 Å². The number of halogens is 3. The second kappa shape index (κ2) is 8.66. The predicted octanol–water partition coefficient (Wildman–Crippen LogP) is 3.23. The van der Waals surface area contributed by atoms with Crippen molar-refractivity contribution < 1.29 is 27.5 Å². The van der Waals surface area contributed by atoms with E-state index >= 15 is 0 Å². The molecule has 0 bridgehead atoms. The smallest absolute Gasteiger partial charge is 0.416 e. The standard InChI is InChI=1S/C17H21F3N2O3/c1-4-5-10-16(2,11-14(23)25-3)22-21-15(24)12-6-8-13(9-7-12)17(18,19)20/h4,6-9,22H,1,5,10-11H2,2-3H3,(H,21,24)/t16-/m0/s1. The molecule has 0 spiro atoms. The Morgan fingerprint density at radius 2 is 1.84 bits per heavy atom. The van der Waals surface area contributed by atoms with E-state index in [4.69, 9.17) is 0 Å². The number of rotatable bonds is 8. The molecule has 1 aromatic carbocycles. The maximum absolute atomic E-state index is 12.5. The van der Waals surface area contributed by atoms with Crippen molar-refractivity contribution in [3.63, 3.8) is 0 Å². The van der Waals surface area contributed by atoms with Crippen molar-refractivity contribution in [3.05, 3.63) is 48.0 Å². The van der Waals surface area contributed by atoms with Crippen LogP contribution in [0, 0.1) is 0 Å². The highest BCUT2D eigenvalue weighted by Crippen LogP contribution is 2.29. The normalized spacial score (nSPS) is 13.6. The highest BCUT2D eigenvalue weighted by Gasteiger charge is 2.31. The monoisotopic (exact) mass is 358 g/mol. The Balaban J connectivity index is 2.76. The summed E-state index contributed by atoms with van der Waals surface area (Å²) in [7, 11) is 1.26. The van der Waals surface area contributed by atoms with Gasteiger partial charge in [-0.1, -0.05) is 6.08 Å². The number of methoxy groups -OCH3 is 1. The topological polar surface area (TPSA) is 67.4 Å². The number of allylic oxidation sites excluding steroid dienone is 1. The zero-order valence-corrected chi connectivity index (χ0v) is 14.1. The summed E-state index contributed by atoms with van der Waals surface area (Å²) < 4.78 is 42.2. The number of nitrogens with one attached hydrogen (secondary N) is 2. The molecule has 0 heterocycles. The molecule has 0 unspecified atom stereocenters. The largest absolute Gasteiger partial charge is 0.469 e. The van der Waals surface area contributed by atoms with Crippen LogP contribution < -0.4 is 10.9 Å². The van der Waals surface area contributed by atoms with E-state index in [0.29, 0.717) is 12.8 Å². The third-order valence-electron chi connectivity index (χ3n) is 3.61. The molecule has 0 saturated carbocycles. The molecule has 0 aromatic heterocycles. The molecule has 138 valence electrons. The van der Waals surface area contributed by atoms with Crippen molar-refractivity contribution in [2.24, 2.45) is 0 Å². The minimum absolute atomic E-state index is 0.00459. The first kappa shape index (κ1) is 20.7. The lowest BCUT2D eigenvalue weighted by molar-refractivity contribution is -0.142. The number of hydrogen-bond acceptors (Lipinski definition) is 4. The summed E-state index contributed by atoms with van der Waals surface area (Å²) in [4.78, 5) is 23.6. The van der Waals surface area contributed by atoms with Gasteiger partial charge in [-0.05, 0) is 44.0 Å². The number of amides is 1. The van der Waals surface area contributed by atoms with Crippen LogP contribution in [-0.4, -0.2) is 24.5 Å². The van der Waals surface area contributed by atoms with Gasteiger partial charge in [-0.3, -0.25) is 15.0 Å². The fourth-order valence-electron chi connectivity index (χ4n) is 2.10. The Morgan fingerprint density at radius 1 is 1.24 bits per heavy atom. The van der Waals surface area contributed by atoms with Gasteiger partial charge in [-0.2, -0.15) is 13.2 Å². The molecular formula is C17H21F3N2O3. The number of ether oxygens (including phenoxy) is 1. The molecular weight excluding hydrogens is 337 g/mol. The van der Waals surface area contributed by atoms with Crippen LogP contribution in [0.3, 0.4) is 0 Å². The Hall–Kier alpha value is -2.35. The molecule has 25 heavy (non-hydrogen) atoms. The van der Waals surface area contributed by atoms with E-state index in [-0.39, 0.29) is 12.0 Å². The summed E-state index contributed by atoms with van der Waals surface area (Å²) in [6.07, 6.45) is -1.69. The minimum Gasteiger partial charge on any atom is -0.469 e. The molecule has 1 aromatic rings. The summed E-state index contributed by atoms with van der Waals surface area (Å²) in [5.41, 5.74) is 3.63. The fraction of sp³-hybridized carbons (Fsp3) is 0.412.